The van der Waals surface area contributed by atoms with Crippen LogP contribution >= 0.6 is 0 Å². The summed E-state index contributed by atoms with van der Waals surface area (Å²) in [6.45, 7) is -0.0465. The third kappa shape index (κ3) is 6.32. The number of aliphatic carboxylic acids is 1. The van der Waals surface area contributed by atoms with E-state index >= 15 is 0 Å². The van der Waals surface area contributed by atoms with E-state index in [1.165, 1.54) is 18.6 Å². The molecule has 1 aromatic carbocycles. The number of benzene rings is 1. The summed E-state index contributed by atoms with van der Waals surface area (Å²) in [5.74, 6) is -3.28. The molecular weight excluding hydrogens is 414 g/mol. The fraction of sp³-hybridized carbons (Fsp3) is 0.176. The van der Waals surface area contributed by atoms with Crippen LogP contribution in [0.4, 0.5) is 29.1 Å². The highest BCUT2D eigenvalue weighted by Gasteiger charge is 2.31. The fourth-order valence-corrected chi connectivity index (χ4v) is 2.13. The number of hydrogen-bond donors (Lipinski definition) is 3. The van der Waals surface area contributed by atoms with E-state index in [4.69, 9.17) is 10.8 Å². The van der Waals surface area contributed by atoms with Crippen molar-refractivity contribution in [3.05, 3.63) is 53.0 Å². The Morgan fingerprint density at radius 3 is 2.73 bits per heavy atom. The Hall–Kier alpha value is -3.90. The molecule has 0 unspecified atom stereocenters. The SMILES string of the molecule is N/C=C(\C=NCCC(=O)O)n1ccnc(Nc2ccc(OC(F)(F)F)cc2F)c1=O. The Morgan fingerprint density at radius 2 is 2.13 bits per heavy atom. The third-order valence-electron chi connectivity index (χ3n) is 3.40. The van der Waals surface area contributed by atoms with Gasteiger partial charge >= 0.3 is 12.3 Å². The van der Waals surface area contributed by atoms with Crippen molar-refractivity contribution in [2.75, 3.05) is 11.9 Å². The Morgan fingerprint density at radius 1 is 1.40 bits per heavy atom. The van der Waals surface area contributed by atoms with Gasteiger partial charge in [-0.05, 0) is 12.1 Å². The van der Waals surface area contributed by atoms with Crippen LogP contribution in [0.5, 0.6) is 5.75 Å². The van der Waals surface area contributed by atoms with Crippen LogP contribution in [0, 0.1) is 5.82 Å². The third-order valence-corrected chi connectivity index (χ3v) is 3.40. The molecule has 0 fully saturated rings. The topological polar surface area (TPSA) is 132 Å². The molecule has 4 N–H and O–H groups in total. The average Bonchev–Trinajstić information content (AvgIpc) is 2.64. The summed E-state index contributed by atoms with van der Waals surface area (Å²) in [5, 5.41) is 11.0. The molecule has 0 saturated carbocycles. The minimum absolute atomic E-state index is 0.0465. The Labute approximate surface area is 166 Å². The maximum absolute atomic E-state index is 14.1. The van der Waals surface area contributed by atoms with E-state index in [2.05, 4.69) is 20.0 Å². The first-order valence-corrected chi connectivity index (χ1v) is 8.14. The van der Waals surface area contributed by atoms with Gasteiger partial charge < -0.3 is 20.9 Å². The van der Waals surface area contributed by atoms with Gasteiger partial charge in [-0.25, -0.2) is 9.37 Å². The number of alkyl halides is 3. The first kappa shape index (κ1) is 22.4. The lowest BCUT2D eigenvalue weighted by Gasteiger charge is -2.12. The maximum atomic E-state index is 14.1. The van der Waals surface area contributed by atoms with Gasteiger partial charge in [0.05, 0.1) is 17.8 Å². The van der Waals surface area contributed by atoms with Gasteiger partial charge in [0.1, 0.15) is 11.6 Å². The van der Waals surface area contributed by atoms with Crippen molar-refractivity contribution in [2.45, 2.75) is 12.8 Å². The van der Waals surface area contributed by atoms with Crippen molar-refractivity contribution in [1.29, 1.82) is 0 Å². The number of carboxylic acid groups (broad SMARTS) is 1. The summed E-state index contributed by atoms with van der Waals surface area (Å²) in [7, 11) is 0. The lowest BCUT2D eigenvalue weighted by atomic mass is 10.3. The number of hydrogen-bond acceptors (Lipinski definition) is 7. The number of anilines is 2. The molecule has 0 spiro atoms. The molecule has 0 bridgehead atoms. The molecule has 1 heterocycles. The minimum atomic E-state index is -4.98. The van der Waals surface area contributed by atoms with Gasteiger partial charge in [-0.2, -0.15) is 0 Å². The Kier molecular flexibility index (Phi) is 7.12. The van der Waals surface area contributed by atoms with E-state index in [1.54, 1.807) is 0 Å². The van der Waals surface area contributed by atoms with E-state index in [-0.39, 0.29) is 30.2 Å². The molecule has 0 saturated heterocycles. The van der Waals surface area contributed by atoms with Crippen molar-refractivity contribution in [3.8, 4) is 5.75 Å². The van der Waals surface area contributed by atoms with Crippen LogP contribution in [0.1, 0.15) is 6.42 Å². The van der Waals surface area contributed by atoms with Crippen molar-refractivity contribution in [2.24, 2.45) is 10.7 Å². The molecule has 0 aliphatic rings. The fourth-order valence-electron chi connectivity index (χ4n) is 2.13. The molecule has 2 rings (SSSR count). The van der Waals surface area contributed by atoms with Gasteiger partial charge in [0, 0.05) is 37.4 Å². The maximum Gasteiger partial charge on any atom is 0.573 e. The van der Waals surface area contributed by atoms with Gasteiger partial charge in [-0.3, -0.25) is 19.1 Å². The number of nitrogens with one attached hydrogen (secondary N) is 1. The van der Waals surface area contributed by atoms with Crippen LogP contribution in [0.25, 0.3) is 5.70 Å². The van der Waals surface area contributed by atoms with Crippen molar-refractivity contribution >= 4 is 29.4 Å². The summed E-state index contributed by atoms with van der Waals surface area (Å²) in [6.07, 6.45) is -0.548. The molecule has 0 atom stereocenters. The number of carboxylic acids is 1. The number of aromatic nitrogens is 2. The van der Waals surface area contributed by atoms with E-state index < -0.39 is 29.5 Å². The molecule has 0 radical (unpaired) electrons. The predicted molar refractivity (Wildman–Crippen MR) is 98.9 cm³/mol. The van der Waals surface area contributed by atoms with Crippen LogP contribution < -0.4 is 21.3 Å². The molecule has 0 aliphatic carbocycles. The Bertz CT molecular complexity index is 1030. The molecule has 0 amide bonds. The number of carbonyl (C=O) groups is 1. The second-order valence-electron chi connectivity index (χ2n) is 5.54. The summed E-state index contributed by atoms with van der Waals surface area (Å²) < 4.78 is 55.3. The van der Waals surface area contributed by atoms with E-state index in [9.17, 15) is 27.2 Å². The summed E-state index contributed by atoms with van der Waals surface area (Å²) in [6, 6.07) is 2.31. The normalized spacial score (nSPS) is 12.2. The highest BCUT2D eigenvalue weighted by Crippen LogP contribution is 2.27. The first-order chi connectivity index (χ1) is 14.1. The van der Waals surface area contributed by atoms with Gasteiger partial charge in [0.15, 0.2) is 5.82 Å². The quantitative estimate of drug-likeness (QED) is 0.433. The molecular formula is C17H15F4N5O4. The highest BCUT2D eigenvalue weighted by atomic mass is 19.4. The van der Waals surface area contributed by atoms with Crippen LogP contribution in [-0.4, -0.2) is 39.7 Å². The molecule has 30 heavy (non-hydrogen) atoms. The molecule has 1 aromatic heterocycles. The number of nitrogens with two attached hydrogens (primary N) is 1. The number of rotatable bonds is 8. The second-order valence-corrected chi connectivity index (χ2v) is 5.54. The monoisotopic (exact) mass is 429 g/mol. The van der Waals surface area contributed by atoms with Crippen molar-refractivity contribution < 1.29 is 32.2 Å². The number of nitrogens with zero attached hydrogens (tertiary/aromatic N) is 3. The zero-order chi connectivity index (χ0) is 22.3. The van der Waals surface area contributed by atoms with E-state index in [0.29, 0.717) is 6.07 Å². The van der Waals surface area contributed by atoms with Gasteiger partial charge in [0.25, 0.3) is 5.56 Å². The van der Waals surface area contributed by atoms with Crippen molar-refractivity contribution in [1.82, 2.24) is 9.55 Å². The number of halogens is 4. The zero-order valence-corrected chi connectivity index (χ0v) is 15.1. The highest BCUT2D eigenvalue weighted by molar-refractivity contribution is 6.02. The Balaban J connectivity index is 2.24. The first-order valence-electron chi connectivity index (χ1n) is 8.14. The number of aliphatic imine (C=N–C) groups is 1. The average molecular weight is 429 g/mol. The second kappa shape index (κ2) is 9.54. The van der Waals surface area contributed by atoms with Gasteiger partial charge in [0.2, 0.25) is 0 Å². The lowest BCUT2D eigenvalue weighted by Crippen LogP contribution is -2.24. The molecule has 0 aliphatic heterocycles. The largest absolute Gasteiger partial charge is 0.573 e. The smallest absolute Gasteiger partial charge is 0.481 e. The lowest BCUT2D eigenvalue weighted by molar-refractivity contribution is -0.274. The van der Waals surface area contributed by atoms with E-state index in [0.717, 1.165) is 22.9 Å². The van der Waals surface area contributed by atoms with Crippen LogP contribution in [-0.2, 0) is 4.79 Å². The standard InChI is InChI=1S/C17H15F4N5O4/c18-12-7-11(30-17(19,20)21)1-2-13(12)25-15-16(29)26(6-5-24-15)10(8-22)9-23-4-3-14(27)28/h1-2,5-9H,3-4,22H2,(H,24,25)(H,27,28)/b10-8+,23-9?. The van der Waals surface area contributed by atoms with E-state index in [1.807, 2.05) is 0 Å². The van der Waals surface area contributed by atoms with Gasteiger partial charge in [-0.1, -0.05) is 0 Å². The van der Waals surface area contributed by atoms with Crippen molar-refractivity contribution in [3.63, 3.8) is 0 Å². The molecule has 160 valence electrons. The number of ether oxygens (including phenoxy) is 1. The minimum Gasteiger partial charge on any atom is -0.481 e. The summed E-state index contributed by atoms with van der Waals surface area (Å²) in [5.41, 5.74) is 4.47. The summed E-state index contributed by atoms with van der Waals surface area (Å²) in [4.78, 5) is 30.7. The molecule has 9 nitrogen and oxygen atoms in total. The van der Waals surface area contributed by atoms with Crippen LogP contribution in [0.15, 0.2) is 46.6 Å². The van der Waals surface area contributed by atoms with Crippen LogP contribution in [0.3, 0.4) is 0 Å². The summed E-state index contributed by atoms with van der Waals surface area (Å²) >= 11 is 0. The molecule has 2 aromatic rings. The predicted octanol–water partition coefficient (Wildman–Crippen LogP) is 2.33. The zero-order valence-electron chi connectivity index (χ0n) is 15.1. The number of allylic oxidation sites excluding steroid dienone is 1. The van der Waals surface area contributed by atoms with Gasteiger partial charge in [-0.15, -0.1) is 13.2 Å². The molecule has 13 heteroatoms. The van der Waals surface area contributed by atoms with Crippen LogP contribution in [0.2, 0.25) is 0 Å².